The van der Waals surface area contributed by atoms with Gasteiger partial charge >= 0.3 is 11.9 Å². The minimum absolute atomic E-state index is 0.149. The molecule has 0 saturated carbocycles. The van der Waals surface area contributed by atoms with Gasteiger partial charge in [-0.25, -0.2) is 4.79 Å². The zero-order valence-electron chi connectivity index (χ0n) is 14.3. The third-order valence-corrected chi connectivity index (χ3v) is 3.09. The number of nitrogens with zero attached hydrogens (tertiary/aromatic N) is 1. The van der Waals surface area contributed by atoms with Crippen LogP contribution < -0.4 is 11.1 Å². The molecule has 7 nitrogen and oxygen atoms in total. The first kappa shape index (κ1) is 21.4. The van der Waals surface area contributed by atoms with Gasteiger partial charge < -0.3 is 20.9 Å². The summed E-state index contributed by atoms with van der Waals surface area (Å²) in [7, 11) is 0. The molecular weight excluding hydrogens is 310 g/mol. The van der Waals surface area contributed by atoms with Gasteiger partial charge in [0.25, 0.3) is 0 Å². The lowest BCUT2D eigenvalue weighted by Crippen LogP contribution is -2.29. The Balaban J connectivity index is 0.000000922. The van der Waals surface area contributed by atoms with E-state index in [2.05, 4.69) is 18.0 Å². The maximum Gasteiger partial charge on any atom is 0.328 e. The molecule has 24 heavy (non-hydrogen) atoms. The zero-order chi connectivity index (χ0) is 18.5. The number of carboxylic acids is 1. The Bertz CT molecular complexity index is 582. The molecule has 1 aromatic carbocycles. The van der Waals surface area contributed by atoms with Crippen LogP contribution in [-0.2, 0) is 20.7 Å². The Morgan fingerprint density at radius 1 is 1.46 bits per heavy atom. The van der Waals surface area contributed by atoms with Crippen molar-refractivity contribution in [1.82, 2.24) is 0 Å². The molecule has 0 unspecified atom stereocenters. The molecule has 0 aliphatic rings. The van der Waals surface area contributed by atoms with Crippen LogP contribution in [0.2, 0.25) is 0 Å². The number of hydrogen-bond donors (Lipinski definition) is 3. The van der Waals surface area contributed by atoms with Crippen molar-refractivity contribution < 1.29 is 19.4 Å². The normalized spacial score (nSPS) is 10.6. The molecule has 1 aromatic rings. The summed E-state index contributed by atoms with van der Waals surface area (Å²) in [6.07, 6.45) is 1.13. The van der Waals surface area contributed by atoms with Crippen molar-refractivity contribution in [2.45, 2.75) is 39.7 Å². The summed E-state index contributed by atoms with van der Waals surface area (Å²) in [6.45, 7) is 5.72. The van der Waals surface area contributed by atoms with Gasteiger partial charge in [-0.05, 0) is 31.4 Å². The number of aliphatic carboxylic acids is 1. The van der Waals surface area contributed by atoms with E-state index in [-0.39, 0.29) is 25.5 Å². The lowest BCUT2D eigenvalue weighted by molar-refractivity contribution is -0.144. The summed E-state index contributed by atoms with van der Waals surface area (Å²) in [5.41, 5.74) is 7.85. The highest BCUT2D eigenvalue weighted by atomic mass is 16.5. The average Bonchev–Trinajstić information content (AvgIpc) is 2.57. The summed E-state index contributed by atoms with van der Waals surface area (Å²) in [6, 6.07) is 7.58. The monoisotopic (exact) mass is 335 g/mol. The molecule has 0 spiro atoms. The SMILES string of the molecule is CCc1cccc(C)c1N[C@@H](C)C(=O)OCCC#N.NCC(=O)O. The van der Waals surface area contributed by atoms with Crippen LogP contribution in [0.4, 0.5) is 5.69 Å². The maximum atomic E-state index is 11.7. The second-order valence-electron chi connectivity index (χ2n) is 5.00. The van der Waals surface area contributed by atoms with E-state index < -0.39 is 12.0 Å². The van der Waals surface area contributed by atoms with Crippen molar-refractivity contribution in [3.63, 3.8) is 0 Å². The van der Waals surface area contributed by atoms with Crippen molar-refractivity contribution in [2.24, 2.45) is 5.73 Å². The molecule has 0 heterocycles. The Hall–Kier alpha value is -2.59. The van der Waals surface area contributed by atoms with E-state index >= 15 is 0 Å². The van der Waals surface area contributed by atoms with E-state index in [1.807, 2.05) is 31.2 Å². The van der Waals surface area contributed by atoms with Gasteiger partial charge in [-0.3, -0.25) is 4.79 Å². The molecule has 0 aliphatic carbocycles. The van der Waals surface area contributed by atoms with Crippen molar-refractivity contribution in [1.29, 1.82) is 5.26 Å². The summed E-state index contributed by atoms with van der Waals surface area (Å²) >= 11 is 0. The summed E-state index contributed by atoms with van der Waals surface area (Å²) in [4.78, 5) is 21.0. The second-order valence-corrected chi connectivity index (χ2v) is 5.00. The van der Waals surface area contributed by atoms with E-state index in [9.17, 15) is 9.59 Å². The van der Waals surface area contributed by atoms with Crippen molar-refractivity contribution in [2.75, 3.05) is 18.5 Å². The van der Waals surface area contributed by atoms with Gasteiger partial charge in [0.15, 0.2) is 0 Å². The summed E-state index contributed by atoms with van der Waals surface area (Å²) < 4.78 is 5.01. The molecule has 0 amide bonds. The Morgan fingerprint density at radius 3 is 2.58 bits per heavy atom. The number of para-hydroxylation sites is 1. The molecule has 0 radical (unpaired) electrons. The van der Waals surface area contributed by atoms with Crippen LogP contribution in [0, 0.1) is 18.3 Å². The van der Waals surface area contributed by atoms with Gasteiger partial charge in [0.2, 0.25) is 0 Å². The third-order valence-electron chi connectivity index (χ3n) is 3.09. The molecule has 0 fully saturated rings. The molecule has 0 aromatic heterocycles. The second kappa shape index (κ2) is 11.9. The van der Waals surface area contributed by atoms with Crippen LogP contribution in [0.1, 0.15) is 31.4 Å². The number of esters is 1. The molecular formula is C17H25N3O4. The van der Waals surface area contributed by atoms with Gasteiger partial charge in [-0.2, -0.15) is 5.26 Å². The topological polar surface area (TPSA) is 125 Å². The quantitative estimate of drug-likeness (QED) is 0.513. The molecule has 132 valence electrons. The molecule has 0 saturated heterocycles. The van der Waals surface area contributed by atoms with Gasteiger partial charge in [0, 0.05) is 5.69 Å². The number of carboxylic acid groups (broad SMARTS) is 1. The predicted octanol–water partition coefficient (Wildman–Crippen LogP) is 1.84. The number of nitrogens with one attached hydrogen (secondary N) is 1. The van der Waals surface area contributed by atoms with Crippen LogP contribution in [0.3, 0.4) is 0 Å². The summed E-state index contributed by atoms with van der Waals surface area (Å²) in [5, 5.41) is 19.2. The highest BCUT2D eigenvalue weighted by Gasteiger charge is 2.16. The molecule has 1 atom stereocenters. The fraction of sp³-hybridized carbons (Fsp3) is 0.471. The van der Waals surface area contributed by atoms with Crippen LogP contribution in [0.25, 0.3) is 0 Å². The number of benzene rings is 1. The molecule has 1 rings (SSSR count). The predicted molar refractivity (Wildman–Crippen MR) is 91.5 cm³/mol. The highest BCUT2D eigenvalue weighted by Crippen LogP contribution is 2.22. The Labute approximate surface area is 142 Å². The maximum absolute atomic E-state index is 11.7. The number of aryl methyl sites for hydroxylation is 2. The molecule has 0 bridgehead atoms. The van der Waals surface area contributed by atoms with E-state index in [0.29, 0.717) is 0 Å². The van der Waals surface area contributed by atoms with Crippen LogP contribution in [0.15, 0.2) is 18.2 Å². The first-order valence-electron chi connectivity index (χ1n) is 7.67. The highest BCUT2D eigenvalue weighted by molar-refractivity contribution is 5.79. The Kier molecular flexibility index (Phi) is 10.6. The summed E-state index contributed by atoms with van der Waals surface area (Å²) in [5.74, 6) is -1.30. The molecule has 0 aliphatic heterocycles. The fourth-order valence-electron chi connectivity index (χ4n) is 1.83. The fourth-order valence-corrected chi connectivity index (χ4v) is 1.83. The Morgan fingerprint density at radius 2 is 2.08 bits per heavy atom. The molecule has 7 heteroatoms. The van der Waals surface area contributed by atoms with E-state index in [0.717, 1.165) is 17.7 Å². The number of nitrogens with two attached hydrogens (primary N) is 1. The first-order valence-corrected chi connectivity index (χ1v) is 7.67. The van der Waals surface area contributed by atoms with Crippen molar-refractivity contribution in [3.8, 4) is 6.07 Å². The minimum atomic E-state index is -0.968. The third kappa shape index (κ3) is 8.15. The number of nitriles is 1. The minimum Gasteiger partial charge on any atom is -0.480 e. The van der Waals surface area contributed by atoms with Gasteiger partial charge in [0.1, 0.15) is 12.6 Å². The number of anilines is 1. The standard InChI is InChI=1S/C15H20N2O2.C2H5NO2/c1-4-13-8-5-7-11(2)14(13)17-12(3)15(18)19-10-6-9-16;3-1-2(4)5/h5,7-8,12,17H,4,6,10H2,1-3H3;1,3H2,(H,4,5)/t12-;/m0./s1. The van der Waals surface area contributed by atoms with Gasteiger partial charge in [0.05, 0.1) is 19.0 Å². The van der Waals surface area contributed by atoms with E-state index in [4.69, 9.17) is 15.1 Å². The number of rotatable bonds is 7. The van der Waals surface area contributed by atoms with Crippen molar-refractivity contribution in [3.05, 3.63) is 29.3 Å². The zero-order valence-corrected chi connectivity index (χ0v) is 14.3. The number of hydrogen-bond acceptors (Lipinski definition) is 6. The van der Waals surface area contributed by atoms with Crippen molar-refractivity contribution >= 4 is 17.6 Å². The van der Waals surface area contributed by atoms with Crippen LogP contribution in [-0.4, -0.2) is 36.2 Å². The largest absolute Gasteiger partial charge is 0.480 e. The van der Waals surface area contributed by atoms with Crippen LogP contribution in [0.5, 0.6) is 0 Å². The van der Waals surface area contributed by atoms with Gasteiger partial charge in [-0.15, -0.1) is 0 Å². The van der Waals surface area contributed by atoms with E-state index in [1.165, 1.54) is 5.56 Å². The average molecular weight is 335 g/mol. The lowest BCUT2D eigenvalue weighted by atomic mass is 10.1. The lowest BCUT2D eigenvalue weighted by Gasteiger charge is -2.18. The number of carbonyl (C=O) groups excluding carboxylic acids is 1. The smallest absolute Gasteiger partial charge is 0.328 e. The number of ether oxygens (including phenoxy) is 1. The van der Waals surface area contributed by atoms with Gasteiger partial charge in [-0.1, -0.05) is 25.1 Å². The first-order chi connectivity index (χ1) is 11.4. The molecule has 4 N–H and O–H groups in total. The number of carbonyl (C=O) groups is 2. The van der Waals surface area contributed by atoms with E-state index in [1.54, 1.807) is 6.92 Å². The van der Waals surface area contributed by atoms with Crippen LogP contribution >= 0.6 is 0 Å².